The molecule has 1 amide bonds. The van der Waals surface area contributed by atoms with Gasteiger partial charge in [0, 0.05) is 33.9 Å². The van der Waals surface area contributed by atoms with Crippen molar-refractivity contribution in [2.24, 2.45) is 11.7 Å². The Balaban J connectivity index is 0.00000192. The molecule has 1 saturated carbocycles. The van der Waals surface area contributed by atoms with Crippen LogP contribution in [-0.2, 0) is 11.2 Å². The van der Waals surface area contributed by atoms with Gasteiger partial charge < -0.3 is 11.1 Å². The number of nitrogens with one attached hydrogen (secondary N) is 1. The number of aromatic nitrogens is 1. The summed E-state index contributed by atoms with van der Waals surface area (Å²) in [5.41, 5.74) is 7.09. The van der Waals surface area contributed by atoms with E-state index in [9.17, 15) is 4.79 Å². The van der Waals surface area contributed by atoms with E-state index in [0.717, 1.165) is 35.0 Å². The SMILES string of the molecule is Cl.NC1CCC(C(=O)Nc2ncc(Cc3ccc(Br)cc3)s2)C1. The lowest BCUT2D eigenvalue weighted by Crippen LogP contribution is -2.23. The summed E-state index contributed by atoms with van der Waals surface area (Å²) in [6, 6.07) is 8.40. The number of hydrogen-bond acceptors (Lipinski definition) is 4. The summed E-state index contributed by atoms with van der Waals surface area (Å²) >= 11 is 4.97. The van der Waals surface area contributed by atoms with Crippen molar-refractivity contribution in [3.63, 3.8) is 0 Å². The van der Waals surface area contributed by atoms with Crippen LogP contribution in [0.25, 0.3) is 0 Å². The largest absolute Gasteiger partial charge is 0.328 e. The first kappa shape index (κ1) is 18.4. The van der Waals surface area contributed by atoms with Crippen molar-refractivity contribution in [1.82, 2.24) is 4.98 Å². The fourth-order valence-corrected chi connectivity index (χ4v) is 3.83. The smallest absolute Gasteiger partial charge is 0.229 e. The van der Waals surface area contributed by atoms with Crippen LogP contribution in [0.15, 0.2) is 34.9 Å². The van der Waals surface area contributed by atoms with E-state index in [1.165, 1.54) is 16.9 Å². The van der Waals surface area contributed by atoms with Crippen molar-refractivity contribution in [3.8, 4) is 0 Å². The van der Waals surface area contributed by atoms with Gasteiger partial charge in [-0.25, -0.2) is 4.98 Å². The van der Waals surface area contributed by atoms with Gasteiger partial charge in [0.15, 0.2) is 5.13 Å². The predicted octanol–water partition coefficient (Wildman–Crippen LogP) is 3.98. The number of benzene rings is 1. The number of halogens is 2. The molecule has 1 aliphatic rings. The van der Waals surface area contributed by atoms with Gasteiger partial charge in [0.1, 0.15) is 0 Å². The maximum Gasteiger partial charge on any atom is 0.229 e. The van der Waals surface area contributed by atoms with E-state index in [2.05, 4.69) is 38.4 Å². The fraction of sp³-hybridized carbons (Fsp3) is 0.375. The summed E-state index contributed by atoms with van der Waals surface area (Å²) in [6.07, 6.45) is 5.26. The fourth-order valence-electron chi connectivity index (χ4n) is 2.71. The van der Waals surface area contributed by atoms with E-state index in [4.69, 9.17) is 5.73 Å². The Labute approximate surface area is 154 Å². The molecule has 0 bridgehead atoms. The van der Waals surface area contributed by atoms with Gasteiger partial charge in [-0.3, -0.25) is 4.79 Å². The van der Waals surface area contributed by atoms with E-state index in [0.29, 0.717) is 5.13 Å². The van der Waals surface area contributed by atoms with Crippen LogP contribution in [0.1, 0.15) is 29.7 Å². The Hall–Kier alpha value is -0.950. The zero-order chi connectivity index (χ0) is 15.5. The van der Waals surface area contributed by atoms with Crippen LogP contribution in [0.3, 0.4) is 0 Å². The normalized spacial score (nSPS) is 20.1. The van der Waals surface area contributed by atoms with Crippen molar-refractivity contribution < 1.29 is 4.79 Å². The predicted molar refractivity (Wildman–Crippen MR) is 100 cm³/mol. The third kappa shape index (κ3) is 5.01. The van der Waals surface area contributed by atoms with Gasteiger partial charge >= 0.3 is 0 Å². The highest BCUT2D eigenvalue weighted by Gasteiger charge is 2.28. The van der Waals surface area contributed by atoms with Crippen molar-refractivity contribution in [1.29, 1.82) is 0 Å². The summed E-state index contributed by atoms with van der Waals surface area (Å²) < 4.78 is 1.07. The van der Waals surface area contributed by atoms with E-state index in [1.807, 2.05) is 18.3 Å². The van der Waals surface area contributed by atoms with Crippen molar-refractivity contribution in [2.45, 2.75) is 31.7 Å². The Kier molecular flexibility index (Phi) is 6.59. The van der Waals surface area contributed by atoms with Crippen molar-refractivity contribution in [3.05, 3.63) is 45.4 Å². The van der Waals surface area contributed by atoms with E-state index >= 15 is 0 Å². The first-order valence-electron chi connectivity index (χ1n) is 7.36. The molecule has 0 radical (unpaired) electrons. The van der Waals surface area contributed by atoms with Crippen LogP contribution in [0.4, 0.5) is 5.13 Å². The highest BCUT2D eigenvalue weighted by molar-refractivity contribution is 9.10. The number of amides is 1. The standard InChI is InChI=1S/C16H18BrN3OS.ClH/c17-12-4-1-10(2-5-12)7-14-9-19-16(22-14)20-15(21)11-3-6-13(18)8-11;/h1-2,4-5,9,11,13H,3,6-8,18H2,(H,19,20,21);1H. The second-order valence-corrected chi connectivity index (χ2v) is 7.73. The van der Waals surface area contributed by atoms with Crippen LogP contribution >= 0.6 is 39.7 Å². The second kappa shape index (κ2) is 8.24. The molecule has 0 spiro atoms. The molecule has 2 unspecified atom stereocenters. The Morgan fingerprint density at radius 3 is 2.74 bits per heavy atom. The molecule has 4 nitrogen and oxygen atoms in total. The van der Waals surface area contributed by atoms with Crippen LogP contribution in [-0.4, -0.2) is 16.9 Å². The molecule has 1 heterocycles. The molecule has 1 aliphatic carbocycles. The van der Waals surface area contributed by atoms with Gasteiger partial charge in [0.2, 0.25) is 5.91 Å². The average Bonchev–Trinajstić information content (AvgIpc) is 3.11. The number of nitrogens with two attached hydrogens (primary N) is 1. The molecule has 1 aromatic heterocycles. The number of rotatable bonds is 4. The van der Waals surface area contributed by atoms with Crippen LogP contribution in [0, 0.1) is 5.92 Å². The number of hydrogen-bond donors (Lipinski definition) is 2. The Morgan fingerprint density at radius 1 is 1.35 bits per heavy atom. The summed E-state index contributed by atoms with van der Waals surface area (Å²) in [4.78, 5) is 17.6. The second-order valence-electron chi connectivity index (χ2n) is 5.69. The van der Waals surface area contributed by atoms with Crippen molar-refractivity contribution in [2.75, 3.05) is 5.32 Å². The topological polar surface area (TPSA) is 68.0 Å². The maximum absolute atomic E-state index is 12.2. The number of thiazole rings is 1. The average molecular weight is 417 g/mol. The van der Waals surface area contributed by atoms with Gasteiger partial charge in [-0.2, -0.15) is 0 Å². The van der Waals surface area contributed by atoms with Gasteiger partial charge in [0.05, 0.1) is 0 Å². The molecule has 1 aromatic carbocycles. The molecule has 1 fully saturated rings. The molecule has 0 saturated heterocycles. The molecule has 0 aliphatic heterocycles. The maximum atomic E-state index is 12.2. The van der Waals surface area contributed by atoms with Gasteiger partial charge in [-0.15, -0.1) is 23.7 Å². The minimum atomic E-state index is 0. The summed E-state index contributed by atoms with van der Waals surface area (Å²) in [7, 11) is 0. The van der Waals surface area contributed by atoms with Crippen molar-refractivity contribution >= 4 is 50.7 Å². The minimum absolute atomic E-state index is 0. The van der Waals surface area contributed by atoms with Crippen LogP contribution in [0.2, 0.25) is 0 Å². The molecule has 23 heavy (non-hydrogen) atoms. The molecule has 3 N–H and O–H groups in total. The first-order chi connectivity index (χ1) is 10.6. The monoisotopic (exact) mass is 415 g/mol. The minimum Gasteiger partial charge on any atom is -0.328 e. The number of carbonyl (C=O) groups excluding carboxylic acids is 1. The lowest BCUT2D eigenvalue weighted by Gasteiger charge is -2.08. The van der Waals surface area contributed by atoms with E-state index < -0.39 is 0 Å². The molecule has 2 aromatic rings. The van der Waals surface area contributed by atoms with Gasteiger partial charge in [0.25, 0.3) is 0 Å². The molecule has 7 heteroatoms. The third-order valence-electron chi connectivity index (χ3n) is 3.92. The molecule has 2 atom stereocenters. The lowest BCUT2D eigenvalue weighted by atomic mass is 10.1. The summed E-state index contributed by atoms with van der Waals surface area (Å²) in [6.45, 7) is 0. The van der Waals surface area contributed by atoms with E-state index in [1.54, 1.807) is 0 Å². The Bertz CT molecular complexity index is 662. The number of anilines is 1. The zero-order valence-electron chi connectivity index (χ0n) is 12.5. The Morgan fingerprint density at radius 2 is 2.09 bits per heavy atom. The van der Waals surface area contributed by atoms with Crippen LogP contribution < -0.4 is 11.1 Å². The number of nitrogens with zero attached hydrogens (tertiary/aromatic N) is 1. The summed E-state index contributed by atoms with van der Waals surface area (Å²) in [5.74, 6) is 0.0892. The van der Waals surface area contributed by atoms with Gasteiger partial charge in [-0.05, 0) is 37.0 Å². The molecular weight excluding hydrogens is 398 g/mol. The van der Waals surface area contributed by atoms with Gasteiger partial charge in [-0.1, -0.05) is 28.1 Å². The highest BCUT2D eigenvalue weighted by atomic mass is 79.9. The summed E-state index contributed by atoms with van der Waals surface area (Å²) in [5, 5.41) is 3.60. The number of carbonyl (C=O) groups is 1. The van der Waals surface area contributed by atoms with Crippen LogP contribution in [0.5, 0.6) is 0 Å². The highest BCUT2D eigenvalue weighted by Crippen LogP contribution is 2.27. The zero-order valence-corrected chi connectivity index (χ0v) is 15.7. The molecule has 124 valence electrons. The van der Waals surface area contributed by atoms with E-state index in [-0.39, 0.29) is 30.3 Å². The third-order valence-corrected chi connectivity index (χ3v) is 5.36. The first-order valence-corrected chi connectivity index (χ1v) is 8.96. The quantitative estimate of drug-likeness (QED) is 0.792. The molecular formula is C16H19BrClN3OS. The lowest BCUT2D eigenvalue weighted by molar-refractivity contribution is -0.119. The molecule has 3 rings (SSSR count).